The predicted octanol–water partition coefficient (Wildman–Crippen LogP) is 2.81. The molecule has 0 aromatic carbocycles. The first-order chi connectivity index (χ1) is 8.11. The third kappa shape index (κ3) is 2.60. The molecule has 1 aliphatic rings. The van der Waals surface area contributed by atoms with E-state index in [1.54, 1.807) is 0 Å². The van der Waals surface area contributed by atoms with Gasteiger partial charge in [-0.25, -0.2) is 9.78 Å². The molecule has 1 heterocycles. The summed E-state index contributed by atoms with van der Waals surface area (Å²) < 4.78 is 4.75. The molecule has 0 saturated heterocycles. The quantitative estimate of drug-likeness (QED) is 0.824. The van der Waals surface area contributed by atoms with E-state index < -0.39 is 0 Å². The fourth-order valence-corrected chi connectivity index (χ4v) is 3.38. The minimum Gasteiger partial charge on any atom is -0.464 e. The van der Waals surface area contributed by atoms with Crippen molar-refractivity contribution < 1.29 is 9.53 Å². The van der Waals surface area contributed by atoms with E-state index in [2.05, 4.69) is 11.9 Å². The van der Waals surface area contributed by atoms with Gasteiger partial charge in [-0.15, -0.1) is 11.3 Å². The van der Waals surface area contributed by atoms with Crippen LogP contribution in [0.15, 0.2) is 0 Å². The van der Waals surface area contributed by atoms with Gasteiger partial charge in [0.05, 0.1) is 7.11 Å². The van der Waals surface area contributed by atoms with Gasteiger partial charge in [-0.1, -0.05) is 19.8 Å². The highest BCUT2D eigenvalue weighted by Gasteiger charge is 2.27. The van der Waals surface area contributed by atoms with Crippen LogP contribution in [0, 0.1) is 5.92 Å². The van der Waals surface area contributed by atoms with Crippen LogP contribution in [0.1, 0.15) is 53.9 Å². The Morgan fingerprint density at radius 3 is 2.65 bits per heavy atom. The second kappa shape index (κ2) is 5.04. The minimum absolute atomic E-state index is 0.369. The lowest BCUT2D eigenvalue weighted by Crippen LogP contribution is -2.13. The molecule has 2 N–H and O–H groups in total. The highest BCUT2D eigenvalue weighted by atomic mass is 32.1. The molecule has 1 aliphatic carbocycles. The molecule has 1 aromatic rings. The zero-order chi connectivity index (χ0) is 12.4. The van der Waals surface area contributed by atoms with E-state index in [-0.39, 0.29) is 5.97 Å². The number of hydrogen-bond donors (Lipinski definition) is 1. The van der Waals surface area contributed by atoms with Crippen LogP contribution in [0.5, 0.6) is 0 Å². The molecular formula is C12H18N2O2S. The van der Waals surface area contributed by atoms with Gasteiger partial charge in [0.1, 0.15) is 0 Å². The number of rotatable bonds is 2. The van der Waals surface area contributed by atoms with Crippen molar-refractivity contribution in [3.63, 3.8) is 0 Å². The first-order valence-corrected chi connectivity index (χ1v) is 6.78. The number of esters is 1. The van der Waals surface area contributed by atoms with E-state index in [1.165, 1.54) is 31.3 Å². The van der Waals surface area contributed by atoms with Gasteiger partial charge < -0.3 is 10.5 Å². The average Bonchev–Trinajstić information content (AvgIpc) is 2.71. The van der Waals surface area contributed by atoms with E-state index >= 15 is 0 Å². The second-order valence-corrected chi connectivity index (χ2v) is 5.78. The molecule has 0 amide bonds. The van der Waals surface area contributed by atoms with Gasteiger partial charge >= 0.3 is 5.97 Å². The Balaban J connectivity index is 2.22. The summed E-state index contributed by atoms with van der Waals surface area (Å²) in [6.07, 6.45) is 4.66. The molecule has 0 aliphatic heterocycles. The Bertz CT molecular complexity index is 409. The number of methoxy groups -OCH3 is 1. The smallest absolute Gasteiger partial charge is 0.357 e. The summed E-state index contributed by atoms with van der Waals surface area (Å²) in [5.74, 6) is 0.847. The Hall–Kier alpha value is -1.10. The third-order valence-electron chi connectivity index (χ3n) is 3.44. The summed E-state index contributed by atoms with van der Waals surface area (Å²) in [6.45, 7) is 2.28. The zero-order valence-corrected chi connectivity index (χ0v) is 11.0. The Labute approximate surface area is 105 Å². The molecule has 0 radical (unpaired) electrons. The minimum atomic E-state index is -0.369. The van der Waals surface area contributed by atoms with Crippen molar-refractivity contribution in [2.45, 2.75) is 38.5 Å². The first-order valence-electron chi connectivity index (χ1n) is 5.96. The van der Waals surface area contributed by atoms with Crippen molar-refractivity contribution >= 4 is 22.4 Å². The fourth-order valence-electron chi connectivity index (χ4n) is 2.39. The highest BCUT2D eigenvalue weighted by molar-refractivity contribution is 7.15. The van der Waals surface area contributed by atoms with Crippen molar-refractivity contribution in [2.24, 2.45) is 5.92 Å². The summed E-state index contributed by atoms with van der Waals surface area (Å²) in [6, 6.07) is 0. The standard InChI is InChI=1S/C12H18N2O2S/c1-7-3-5-8(6-4-7)10-9(11(15)16-2)14-12(13)17-10/h7-8H,3-6H2,1-2H3,(H2,13,14). The van der Waals surface area contributed by atoms with Crippen LogP contribution in [0.25, 0.3) is 0 Å². The zero-order valence-electron chi connectivity index (χ0n) is 10.2. The number of carbonyl (C=O) groups excluding carboxylic acids is 1. The molecule has 17 heavy (non-hydrogen) atoms. The number of hydrogen-bond acceptors (Lipinski definition) is 5. The summed E-state index contributed by atoms with van der Waals surface area (Å²) in [5.41, 5.74) is 6.13. The van der Waals surface area contributed by atoms with E-state index in [1.807, 2.05) is 0 Å². The molecule has 4 nitrogen and oxygen atoms in total. The number of nitrogens with zero attached hydrogens (tertiary/aromatic N) is 1. The predicted molar refractivity (Wildman–Crippen MR) is 68.2 cm³/mol. The van der Waals surface area contributed by atoms with Gasteiger partial charge in [0.25, 0.3) is 0 Å². The monoisotopic (exact) mass is 254 g/mol. The lowest BCUT2D eigenvalue weighted by Gasteiger charge is -2.25. The van der Waals surface area contributed by atoms with Crippen LogP contribution in [-0.4, -0.2) is 18.1 Å². The van der Waals surface area contributed by atoms with Crippen molar-refractivity contribution in [3.05, 3.63) is 10.6 Å². The average molecular weight is 254 g/mol. The van der Waals surface area contributed by atoms with Crippen LogP contribution >= 0.6 is 11.3 Å². The van der Waals surface area contributed by atoms with E-state index in [9.17, 15) is 4.79 Å². The van der Waals surface area contributed by atoms with E-state index in [0.717, 1.165) is 23.6 Å². The molecule has 1 saturated carbocycles. The molecule has 5 heteroatoms. The summed E-state index contributed by atoms with van der Waals surface area (Å²) in [4.78, 5) is 16.7. The van der Waals surface area contributed by atoms with Crippen LogP contribution in [-0.2, 0) is 4.74 Å². The molecule has 1 aromatic heterocycles. The van der Waals surface area contributed by atoms with Gasteiger partial charge in [0.15, 0.2) is 10.8 Å². The van der Waals surface area contributed by atoms with Gasteiger partial charge in [0.2, 0.25) is 0 Å². The van der Waals surface area contributed by atoms with Gasteiger partial charge in [0, 0.05) is 4.88 Å². The Morgan fingerprint density at radius 2 is 2.06 bits per heavy atom. The first kappa shape index (κ1) is 12.4. The van der Waals surface area contributed by atoms with Gasteiger partial charge in [-0.3, -0.25) is 0 Å². The number of aromatic nitrogens is 1. The Morgan fingerprint density at radius 1 is 1.41 bits per heavy atom. The third-order valence-corrected chi connectivity index (χ3v) is 4.48. The molecule has 94 valence electrons. The second-order valence-electron chi connectivity index (χ2n) is 4.71. The maximum Gasteiger partial charge on any atom is 0.357 e. The van der Waals surface area contributed by atoms with Gasteiger partial charge in [-0.2, -0.15) is 0 Å². The molecule has 0 atom stereocenters. The number of thiazole rings is 1. The van der Waals surface area contributed by atoms with Crippen LogP contribution in [0.4, 0.5) is 5.13 Å². The van der Waals surface area contributed by atoms with Crippen molar-refractivity contribution in [3.8, 4) is 0 Å². The molecule has 0 spiro atoms. The SMILES string of the molecule is COC(=O)c1nc(N)sc1C1CCC(C)CC1. The van der Waals surface area contributed by atoms with Crippen molar-refractivity contribution in [1.29, 1.82) is 0 Å². The summed E-state index contributed by atoms with van der Waals surface area (Å²) >= 11 is 1.43. The molecule has 1 fully saturated rings. The maximum atomic E-state index is 11.6. The van der Waals surface area contributed by atoms with E-state index in [0.29, 0.717) is 16.7 Å². The fraction of sp³-hybridized carbons (Fsp3) is 0.667. The normalized spacial score (nSPS) is 24.6. The number of anilines is 1. The van der Waals surface area contributed by atoms with Crippen LogP contribution in [0.3, 0.4) is 0 Å². The lowest BCUT2D eigenvalue weighted by molar-refractivity contribution is 0.0593. The number of carbonyl (C=O) groups is 1. The van der Waals surface area contributed by atoms with Crippen LogP contribution < -0.4 is 5.73 Å². The van der Waals surface area contributed by atoms with Crippen LogP contribution in [0.2, 0.25) is 0 Å². The van der Waals surface area contributed by atoms with E-state index in [4.69, 9.17) is 10.5 Å². The van der Waals surface area contributed by atoms with Crippen molar-refractivity contribution in [1.82, 2.24) is 4.98 Å². The largest absolute Gasteiger partial charge is 0.464 e. The number of ether oxygens (including phenoxy) is 1. The lowest BCUT2D eigenvalue weighted by atomic mass is 9.82. The maximum absolute atomic E-state index is 11.6. The molecule has 0 unspecified atom stereocenters. The number of nitrogens with two attached hydrogens (primary N) is 1. The summed E-state index contributed by atoms with van der Waals surface area (Å²) in [5, 5.41) is 0.457. The molecule has 2 rings (SSSR count). The number of nitrogen functional groups attached to an aromatic ring is 1. The highest BCUT2D eigenvalue weighted by Crippen LogP contribution is 2.40. The molecular weight excluding hydrogens is 236 g/mol. The Kier molecular flexibility index (Phi) is 3.66. The van der Waals surface area contributed by atoms with Gasteiger partial charge in [-0.05, 0) is 24.7 Å². The summed E-state index contributed by atoms with van der Waals surface area (Å²) in [7, 11) is 1.38. The molecule has 0 bridgehead atoms. The topological polar surface area (TPSA) is 65.2 Å². The van der Waals surface area contributed by atoms with Crippen molar-refractivity contribution in [2.75, 3.05) is 12.8 Å².